The Kier molecular flexibility index (Phi) is 3.56. The van der Waals surface area contributed by atoms with Crippen molar-refractivity contribution in [1.82, 2.24) is 0 Å². The molecule has 1 N–H and O–H groups in total. The molecule has 2 aliphatic rings. The van der Waals surface area contributed by atoms with Crippen LogP contribution in [0, 0.1) is 24.7 Å². The smallest absolute Gasteiger partial charge is 0.335 e. The van der Waals surface area contributed by atoms with Crippen LogP contribution in [-0.2, 0) is 9.84 Å². The molecule has 1 aromatic carbocycles. The van der Waals surface area contributed by atoms with Crippen LogP contribution in [0.4, 0.5) is 0 Å². The highest BCUT2D eigenvalue weighted by Crippen LogP contribution is 2.49. The van der Waals surface area contributed by atoms with Crippen LogP contribution in [0.15, 0.2) is 23.1 Å². The third-order valence-corrected chi connectivity index (χ3v) is 7.15. The summed E-state index contributed by atoms with van der Waals surface area (Å²) in [5.41, 5.74) is 0.428. The summed E-state index contributed by atoms with van der Waals surface area (Å²) in [4.78, 5) is 11.3. The molecule has 0 radical (unpaired) electrons. The second-order valence-corrected chi connectivity index (χ2v) is 8.45. The van der Waals surface area contributed by atoms with E-state index in [9.17, 15) is 13.2 Å². The first-order valence-electron chi connectivity index (χ1n) is 7.44. The third-order valence-electron chi connectivity index (χ3n) is 5.17. The van der Waals surface area contributed by atoms with Crippen molar-refractivity contribution in [2.24, 2.45) is 17.8 Å². The first kappa shape index (κ1) is 14.6. The van der Waals surface area contributed by atoms with Crippen LogP contribution in [0.1, 0.15) is 41.6 Å². The summed E-state index contributed by atoms with van der Waals surface area (Å²) < 4.78 is 25.3. The Morgan fingerprint density at radius 3 is 2.62 bits per heavy atom. The SMILES string of the molecule is Cc1c(C(=O)O)cccc1S(=O)(=O)CC1CC2CCC1C2. The van der Waals surface area contributed by atoms with Crippen molar-refractivity contribution in [3.8, 4) is 0 Å². The van der Waals surface area contributed by atoms with E-state index < -0.39 is 15.8 Å². The lowest BCUT2D eigenvalue weighted by molar-refractivity contribution is 0.0696. The minimum absolute atomic E-state index is 0.0732. The number of hydrogen-bond acceptors (Lipinski definition) is 3. The molecule has 2 aliphatic carbocycles. The lowest BCUT2D eigenvalue weighted by atomic mass is 9.90. The maximum absolute atomic E-state index is 12.7. The molecule has 114 valence electrons. The quantitative estimate of drug-likeness (QED) is 0.928. The van der Waals surface area contributed by atoms with Crippen LogP contribution in [0.5, 0.6) is 0 Å². The predicted octanol–water partition coefficient (Wildman–Crippen LogP) is 2.90. The molecule has 0 spiro atoms. The molecule has 3 unspecified atom stereocenters. The average Bonchev–Trinajstić information content (AvgIpc) is 3.00. The molecule has 1 aromatic rings. The first-order chi connectivity index (χ1) is 9.88. The molecule has 3 atom stereocenters. The van der Waals surface area contributed by atoms with E-state index in [-0.39, 0.29) is 22.1 Å². The Morgan fingerprint density at radius 1 is 1.29 bits per heavy atom. The zero-order chi connectivity index (χ0) is 15.2. The first-order valence-corrected chi connectivity index (χ1v) is 9.09. The van der Waals surface area contributed by atoms with E-state index in [1.54, 1.807) is 6.92 Å². The number of carbonyl (C=O) groups is 1. The number of carboxylic acid groups (broad SMARTS) is 1. The van der Waals surface area contributed by atoms with Gasteiger partial charge in [-0.15, -0.1) is 0 Å². The lowest BCUT2D eigenvalue weighted by Gasteiger charge is -2.22. The lowest BCUT2D eigenvalue weighted by Crippen LogP contribution is -2.22. The monoisotopic (exact) mass is 308 g/mol. The van der Waals surface area contributed by atoms with Gasteiger partial charge >= 0.3 is 5.97 Å². The summed E-state index contributed by atoms with van der Waals surface area (Å²) in [5, 5.41) is 9.13. The molecule has 5 heteroatoms. The summed E-state index contributed by atoms with van der Waals surface area (Å²) in [5.74, 6) is 0.596. The van der Waals surface area contributed by atoms with Crippen LogP contribution in [0.25, 0.3) is 0 Å². The van der Waals surface area contributed by atoms with Gasteiger partial charge in [-0.3, -0.25) is 0 Å². The Labute approximate surface area is 125 Å². The summed E-state index contributed by atoms with van der Waals surface area (Å²) >= 11 is 0. The van der Waals surface area contributed by atoms with Gasteiger partial charge in [-0.1, -0.05) is 12.5 Å². The van der Waals surface area contributed by atoms with Crippen molar-refractivity contribution in [2.45, 2.75) is 37.5 Å². The fraction of sp³-hybridized carbons (Fsp3) is 0.562. The van der Waals surface area contributed by atoms with Gasteiger partial charge in [0, 0.05) is 0 Å². The van der Waals surface area contributed by atoms with Crippen molar-refractivity contribution in [2.75, 3.05) is 5.75 Å². The molecule has 0 amide bonds. The van der Waals surface area contributed by atoms with E-state index in [0.717, 1.165) is 12.8 Å². The normalized spacial score (nSPS) is 28.0. The molecule has 0 aromatic heterocycles. The molecular weight excluding hydrogens is 288 g/mol. The van der Waals surface area contributed by atoms with Crippen molar-refractivity contribution in [3.63, 3.8) is 0 Å². The predicted molar refractivity (Wildman–Crippen MR) is 79.1 cm³/mol. The van der Waals surface area contributed by atoms with E-state index in [2.05, 4.69) is 0 Å². The molecule has 21 heavy (non-hydrogen) atoms. The Balaban J connectivity index is 1.88. The fourth-order valence-corrected chi connectivity index (χ4v) is 6.15. The molecule has 0 saturated heterocycles. The molecule has 2 saturated carbocycles. The van der Waals surface area contributed by atoms with Crippen molar-refractivity contribution in [1.29, 1.82) is 0 Å². The van der Waals surface area contributed by atoms with Gasteiger partial charge in [0.1, 0.15) is 0 Å². The highest BCUT2D eigenvalue weighted by atomic mass is 32.2. The van der Waals surface area contributed by atoms with Gasteiger partial charge in [0.15, 0.2) is 9.84 Å². The highest BCUT2D eigenvalue weighted by Gasteiger charge is 2.41. The maximum atomic E-state index is 12.7. The minimum atomic E-state index is -3.42. The van der Waals surface area contributed by atoms with Gasteiger partial charge in [0.05, 0.1) is 16.2 Å². The van der Waals surface area contributed by atoms with Gasteiger partial charge in [0.25, 0.3) is 0 Å². The Morgan fingerprint density at radius 2 is 2.05 bits per heavy atom. The summed E-state index contributed by atoms with van der Waals surface area (Å²) in [7, 11) is -3.42. The molecule has 3 rings (SSSR count). The minimum Gasteiger partial charge on any atom is -0.478 e. The van der Waals surface area contributed by atoms with Crippen LogP contribution < -0.4 is 0 Å². The second-order valence-electron chi connectivity index (χ2n) is 6.45. The average molecular weight is 308 g/mol. The number of benzene rings is 1. The zero-order valence-electron chi connectivity index (χ0n) is 12.1. The zero-order valence-corrected chi connectivity index (χ0v) is 12.9. The largest absolute Gasteiger partial charge is 0.478 e. The van der Waals surface area contributed by atoms with E-state index >= 15 is 0 Å². The van der Waals surface area contributed by atoms with Crippen LogP contribution >= 0.6 is 0 Å². The fourth-order valence-electron chi connectivity index (χ4n) is 4.14. The Hall–Kier alpha value is -1.36. The second kappa shape index (κ2) is 5.13. The van der Waals surface area contributed by atoms with Crippen LogP contribution in [0.3, 0.4) is 0 Å². The number of sulfone groups is 1. The Bertz CT molecular complexity index is 678. The number of fused-ring (bicyclic) bond motifs is 2. The third kappa shape index (κ3) is 2.59. The van der Waals surface area contributed by atoms with Crippen LogP contribution in [0.2, 0.25) is 0 Å². The maximum Gasteiger partial charge on any atom is 0.335 e. The molecule has 2 fully saturated rings. The van der Waals surface area contributed by atoms with E-state index in [0.29, 0.717) is 17.4 Å². The van der Waals surface area contributed by atoms with Gasteiger partial charge in [-0.25, -0.2) is 13.2 Å². The van der Waals surface area contributed by atoms with Gasteiger partial charge in [-0.2, -0.15) is 0 Å². The van der Waals surface area contributed by atoms with Crippen molar-refractivity contribution in [3.05, 3.63) is 29.3 Å². The summed E-state index contributed by atoms with van der Waals surface area (Å²) in [6, 6.07) is 4.50. The van der Waals surface area contributed by atoms with Crippen molar-refractivity contribution >= 4 is 15.8 Å². The molecule has 4 nitrogen and oxygen atoms in total. The number of hydrogen-bond donors (Lipinski definition) is 1. The molecule has 2 bridgehead atoms. The van der Waals surface area contributed by atoms with E-state index in [1.165, 1.54) is 31.0 Å². The van der Waals surface area contributed by atoms with Gasteiger partial charge in [-0.05, 0) is 61.6 Å². The number of aromatic carboxylic acids is 1. The van der Waals surface area contributed by atoms with Crippen molar-refractivity contribution < 1.29 is 18.3 Å². The standard InChI is InChI=1S/C16H20O4S/c1-10-14(16(17)18)3-2-4-15(10)21(19,20)9-13-8-11-5-6-12(13)7-11/h2-4,11-13H,5-9H2,1H3,(H,17,18). The number of rotatable bonds is 4. The molecule has 0 heterocycles. The summed E-state index contributed by atoms with van der Waals surface area (Å²) in [6.45, 7) is 1.58. The highest BCUT2D eigenvalue weighted by molar-refractivity contribution is 7.91. The molecular formula is C16H20O4S. The summed E-state index contributed by atoms with van der Waals surface area (Å²) in [6.07, 6.45) is 4.59. The molecule has 0 aliphatic heterocycles. The van der Waals surface area contributed by atoms with Crippen LogP contribution in [-0.4, -0.2) is 25.2 Å². The topological polar surface area (TPSA) is 71.4 Å². The number of carboxylic acids is 1. The van der Waals surface area contributed by atoms with E-state index in [4.69, 9.17) is 5.11 Å². The van der Waals surface area contributed by atoms with Gasteiger partial charge < -0.3 is 5.11 Å². The van der Waals surface area contributed by atoms with Gasteiger partial charge in [0.2, 0.25) is 0 Å². The van der Waals surface area contributed by atoms with E-state index in [1.807, 2.05) is 0 Å².